The average Bonchev–Trinajstić information content (AvgIpc) is 2.39. The lowest BCUT2D eigenvalue weighted by molar-refractivity contribution is 0.103. The van der Waals surface area contributed by atoms with Gasteiger partial charge in [0.25, 0.3) is 0 Å². The van der Waals surface area contributed by atoms with Crippen molar-refractivity contribution in [1.82, 2.24) is 0 Å². The van der Waals surface area contributed by atoms with Gasteiger partial charge in [-0.3, -0.25) is 9.59 Å². The molecule has 1 N–H and O–H groups in total. The number of phenols is 1. The van der Waals surface area contributed by atoms with Crippen molar-refractivity contribution < 1.29 is 14.7 Å². The Balaban J connectivity index is 2.37. The Morgan fingerprint density at radius 1 is 1.00 bits per heavy atom. The van der Waals surface area contributed by atoms with Gasteiger partial charge in [0.1, 0.15) is 5.75 Å². The van der Waals surface area contributed by atoms with Crippen LogP contribution in [0.2, 0.25) is 0 Å². The standard InChI is InChI=1S/C14H9O3/c15-9-10-5-7-11(8-6-10)14(17)12-3-1-2-4-13(12)16/h1-8,16H. The quantitative estimate of drug-likeness (QED) is 0.813. The van der Waals surface area contributed by atoms with Gasteiger partial charge in [0.05, 0.1) is 5.56 Å². The van der Waals surface area contributed by atoms with Crippen LogP contribution < -0.4 is 0 Å². The van der Waals surface area contributed by atoms with Gasteiger partial charge >= 0.3 is 0 Å². The topological polar surface area (TPSA) is 54.4 Å². The highest BCUT2D eigenvalue weighted by atomic mass is 16.3. The number of rotatable bonds is 3. The third-order valence-corrected chi connectivity index (χ3v) is 2.41. The number of phenolic OH excluding ortho intramolecular Hbond substituents is 1. The summed E-state index contributed by atoms with van der Waals surface area (Å²) in [6.45, 7) is 0. The normalized spacial score (nSPS) is 9.88. The lowest BCUT2D eigenvalue weighted by Crippen LogP contribution is -2.01. The predicted molar refractivity (Wildman–Crippen MR) is 62.8 cm³/mol. The Kier molecular flexibility index (Phi) is 3.01. The third-order valence-electron chi connectivity index (χ3n) is 2.41. The first-order chi connectivity index (χ1) is 8.22. The lowest BCUT2D eigenvalue weighted by Gasteiger charge is -2.03. The van der Waals surface area contributed by atoms with Gasteiger partial charge in [0.15, 0.2) is 5.78 Å². The van der Waals surface area contributed by atoms with Crippen molar-refractivity contribution >= 4 is 12.1 Å². The van der Waals surface area contributed by atoms with Crippen molar-refractivity contribution in [2.24, 2.45) is 0 Å². The van der Waals surface area contributed by atoms with Crippen LogP contribution in [0.25, 0.3) is 0 Å². The molecule has 0 amide bonds. The van der Waals surface area contributed by atoms with Gasteiger partial charge in [-0.15, -0.1) is 0 Å². The smallest absolute Gasteiger partial charge is 0.233 e. The van der Waals surface area contributed by atoms with Gasteiger partial charge < -0.3 is 5.11 Å². The van der Waals surface area contributed by atoms with Crippen molar-refractivity contribution in [2.45, 2.75) is 0 Å². The summed E-state index contributed by atoms with van der Waals surface area (Å²) in [6, 6.07) is 12.4. The van der Waals surface area contributed by atoms with Crippen LogP contribution in [-0.2, 0) is 4.79 Å². The maximum Gasteiger partial charge on any atom is 0.233 e. The zero-order valence-corrected chi connectivity index (χ0v) is 8.88. The van der Waals surface area contributed by atoms with Crippen LogP contribution in [-0.4, -0.2) is 17.2 Å². The molecular weight excluding hydrogens is 216 g/mol. The average molecular weight is 225 g/mol. The molecule has 0 bridgehead atoms. The summed E-state index contributed by atoms with van der Waals surface area (Å²) >= 11 is 0. The number of benzene rings is 2. The highest BCUT2D eigenvalue weighted by molar-refractivity contribution is 6.10. The summed E-state index contributed by atoms with van der Waals surface area (Å²) in [6.07, 6.45) is 1.73. The zero-order valence-electron chi connectivity index (χ0n) is 8.88. The van der Waals surface area contributed by atoms with Gasteiger partial charge in [0, 0.05) is 11.1 Å². The minimum atomic E-state index is -0.277. The zero-order chi connectivity index (χ0) is 12.3. The fourth-order valence-electron chi connectivity index (χ4n) is 1.51. The molecule has 83 valence electrons. The Labute approximate surface area is 98.3 Å². The van der Waals surface area contributed by atoms with E-state index in [2.05, 4.69) is 0 Å². The Morgan fingerprint density at radius 2 is 1.65 bits per heavy atom. The number of para-hydroxylation sites is 1. The van der Waals surface area contributed by atoms with Gasteiger partial charge in [-0.25, -0.2) is 0 Å². The van der Waals surface area contributed by atoms with Crippen LogP contribution in [0.3, 0.4) is 0 Å². The maximum absolute atomic E-state index is 12.0. The summed E-state index contributed by atoms with van der Waals surface area (Å²) < 4.78 is 0. The van der Waals surface area contributed by atoms with Crippen molar-refractivity contribution in [1.29, 1.82) is 0 Å². The van der Waals surface area contributed by atoms with Crippen LogP contribution >= 0.6 is 0 Å². The second kappa shape index (κ2) is 4.61. The number of hydrogen-bond acceptors (Lipinski definition) is 3. The molecule has 2 rings (SSSR count). The third kappa shape index (κ3) is 2.23. The molecule has 0 saturated carbocycles. The summed E-state index contributed by atoms with van der Waals surface area (Å²) in [7, 11) is 0. The van der Waals surface area contributed by atoms with E-state index in [-0.39, 0.29) is 17.1 Å². The van der Waals surface area contributed by atoms with E-state index >= 15 is 0 Å². The fraction of sp³-hybridized carbons (Fsp3) is 0. The molecule has 1 radical (unpaired) electrons. The molecule has 0 aliphatic heterocycles. The number of carbonyl (C=O) groups excluding carboxylic acids is 2. The molecular formula is C14H9O3. The van der Waals surface area contributed by atoms with Crippen molar-refractivity contribution in [3.05, 3.63) is 65.2 Å². The minimum Gasteiger partial charge on any atom is -0.507 e. The highest BCUT2D eigenvalue weighted by Crippen LogP contribution is 2.19. The Morgan fingerprint density at radius 3 is 2.24 bits per heavy atom. The Bertz CT molecular complexity index is 556. The first-order valence-electron chi connectivity index (χ1n) is 5.03. The lowest BCUT2D eigenvalue weighted by atomic mass is 10.0. The summed E-state index contributed by atoms with van der Waals surface area (Å²) in [5.41, 5.74) is 1.06. The molecule has 2 aromatic rings. The largest absolute Gasteiger partial charge is 0.507 e. The van der Waals surface area contributed by atoms with E-state index in [4.69, 9.17) is 0 Å². The van der Waals surface area contributed by atoms with Crippen LogP contribution in [0.15, 0.2) is 48.5 Å². The summed E-state index contributed by atoms with van der Waals surface area (Å²) in [5, 5.41) is 9.56. The number of ketones is 1. The molecule has 3 heteroatoms. The van der Waals surface area contributed by atoms with Crippen LogP contribution in [0, 0.1) is 0 Å². The molecule has 0 unspecified atom stereocenters. The van der Waals surface area contributed by atoms with E-state index in [1.165, 1.54) is 30.3 Å². The first kappa shape index (κ1) is 11.1. The molecule has 3 nitrogen and oxygen atoms in total. The molecule has 0 heterocycles. The van der Waals surface area contributed by atoms with Gasteiger partial charge in [-0.1, -0.05) is 36.4 Å². The summed E-state index contributed by atoms with van der Waals surface area (Å²) in [5.74, 6) is -0.330. The summed E-state index contributed by atoms with van der Waals surface area (Å²) in [4.78, 5) is 22.4. The van der Waals surface area contributed by atoms with Crippen LogP contribution in [0.4, 0.5) is 0 Å². The van der Waals surface area contributed by atoms with E-state index < -0.39 is 0 Å². The van der Waals surface area contributed by atoms with Crippen LogP contribution in [0.1, 0.15) is 21.5 Å². The molecule has 17 heavy (non-hydrogen) atoms. The minimum absolute atomic E-state index is 0.0523. The van der Waals surface area contributed by atoms with E-state index in [0.717, 1.165) is 0 Å². The number of hydrogen-bond donors (Lipinski definition) is 1. The van der Waals surface area contributed by atoms with Crippen molar-refractivity contribution in [2.75, 3.05) is 0 Å². The molecule has 0 saturated heterocycles. The molecule has 0 aromatic heterocycles. The second-order valence-electron chi connectivity index (χ2n) is 3.53. The highest BCUT2D eigenvalue weighted by Gasteiger charge is 2.12. The monoisotopic (exact) mass is 225 g/mol. The molecule has 0 fully saturated rings. The van der Waals surface area contributed by atoms with Gasteiger partial charge in [-0.05, 0) is 12.1 Å². The maximum atomic E-state index is 12.0. The number of aromatic hydroxyl groups is 1. The molecule has 0 spiro atoms. The van der Waals surface area contributed by atoms with Gasteiger partial charge in [-0.2, -0.15) is 0 Å². The van der Waals surface area contributed by atoms with E-state index in [1.54, 1.807) is 24.5 Å². The molecule has 0 atom stereocenters. The van der Waals surface area contributed by atoms with E-state index in [1.807, 2.05) is 0 Å². The molecule has 2 aromatic carbocycles. The van der Waals surface area contributed by atoms with Crippen LogP contribution in [0.5, 0.6) is 5.75 Å². The molecule has 0 aliphatic rings. The second-order valence-corrected chi connectivity index (χ2v) is 3.53. The number of carbonyl (C=O) groups is 1. The fourth-order valence-corrected chi connectivity index (χ4v) is 1.51. The van der Waals surface area contributed by atoms with E-state index in [9.17, 15) is 14.7 Å². The van der Waals surface area contributed by atoms with Crippen molar-refractivity contribution in [3.8, 4) is 5.75 Å². The SMILES string of the molecule is O=[C]c1ccc(C(=O)c2ccccc2O)cc1. The first-order valence-corrected chi connectivity index (χ1v) is 5.03. The van der Waals surface area contributed by atoms with Gasteiger partial charge in [0.2, 0.25) is 6.29 Å². The predicted octanol–water partition coefficient (Wildman–Crippen LogP) is 2.08. The molecule has 0 aliphatic carbocycles. The Hall–Kier alpha value is -2.42. The van der Waals surface area contributed by atoms with E-state index in [0.29, 0.717) is 11.1 Å². The van der Waals surface area contributed by atoms with Crippen molar-refractivity contribution in [3.63, 3.8) is 0 Å².